The van der Waals surface area contributed by atoms with Crippen molar-refractivity contribution in [2.24, 2.45) is 5.73 Å². The van der Waals surface area contributed by atoms with Gasteiger partial charge in [-0.05, 0) is 18.4 Å². The summed E-state index contributed by atoms with van der Waals surface area (Å²) in [5.41, 5.74) is 6.43. The van der Waals surface area contributed by atoms with Crippen LogP contribution in [0.1, 0.15) is 16.1 Å². The van der Waals surface area contributed by atoms with Gasteiger partial charge < -0.3 is 11.1 Å². The summed E-state index contributed by atoms with van der Waals surface area (Å²) >= 11 is 1.69. The smallest absolute Gasteiger partial charge is 0.269 e. The van der Waals surface area contributed by atoms with Crippen LogP contribution in [-0.2, 0) is 0 Å². The summed E-state index contributed by atoms with van der Waals surface area (Å²) in [6.07, 6.45) is 3.57. The quantitative estimate of drug-likeness (QED) is 0.602. The molecule has 0 aliphatic heterocycles. The number of hydrogen-bond donors (Lipinski definition) is 2. The number of carbonyl (C=O) groups excluding carboxylic acids is 1. The highest BCUT2D eigenvalue weighted by Gasteiger charge is 2.05. The molecule has 0 saturated carbocycles. The van der Waals surface area contributed by atoms with Crippen LogP contribution in [0.5, 0.6) is 0 Å². The average Bonchev–Trinajstić information content (AvgIpc) is 2.37. The molecule has 17 heavy (non-hydrogen) atoms. The van der Waals surface area contributed by atoms with E-state index in [-0.39, 0.29) is 5.91 Å². The van der Waals surface area contributed by atoms with Crippen molar-refractivity contribution in [1.29, 1.82) is 0 Å². The number of nitrogens with zero attached hydrogens (tertiary/aromatic N) is 1. The Morgan fingerprint density at radius 2 is 2.41 bits per heavy atom. The van der Waals surface area contributed by atoms with Gasteiger partial charge in [-0.1, -0.05) is 11.8 Å². The Bertz CT molecular complexity index is 420. The molecule has 0 radical (unpaired) electrons. The summed E-state index contributed by atoms with van der Waals surface area (Å²) in [5, 5.41) is 2.78. The molecule has 0 saturated heterocycles. The van der Waals surface area contributed by atoms with E-state index in [2.05, 4.69) is 22.1 Å². The van der Waals surface area contributed by atoms with Gasteiger partial charge in [0.2, 0.25) is 0 Å². The maximum Gasteiger partial charge on any atom is 0.269 e. The van der Waals surface area contributed by atoms with Gasteiger partial charge in [-0.2, -0.15) is 11.8 Å². The third kappa shape index (κ3) is 4.89. The lowest BCUT2D eigenvalue weighted by Gasteiger charge is -2.02. The van der Waals surface area contributed by atoms with Crippen LogP contribution < -0.4 is 11.1 Å². The second kappa shape index (κ2) is 7.71. The van der Waals surface area contributed by atoms with Crippen LogP contribution >= 0.6 is 11.8 Å². The first-order valence-electron chi connectivity index (χ1n) is 5.20. The van der Waals surface area contributed by atoms with Gasteiger partial charge in [0.05, 0.1) is 6.54 Å². The third-order valence-corrected chi connectivity index (χ3v) is 2.54. The number of hydrogen-bond acceptors (Lipinski definition) is 4. The highest BCUT2D eigenvalue weighted by atomic mass is 32.2. The minimum Gasteiger partial charge on any atom is -0.350 e. The summed E-state index contributed by atoms with van der Waals surface area (Å²) < 4.78 is 0. The van der Waals surface area contributed by atoms with Crippen molar-refractivity contribution in [1.82, 2.24) is 10.3 Å². The lowest BCUT2D eigenvalue weighted by Crippen LogP contribution is -2.26. The van der Waals surface area contributed by atoms with Crippen molar-refractivity contribution < 1.29 is 4.79 Å². The van der Waals surface area contributed by atoms with Crippen LogP contribution in [0, 0.1) is 11.8 Å². The lowest BCUT2D eigenvalue weighted by molar-refractivity contribution is 0.0951. The zero-order valence-electron chi connectivity index (χ0n) is 9.69. The van der Waals surface area contributed by atoms with Crippen LogP contribution in [-0.4, -0.2) is 36.0 Å². The molecule has 0 aliphatic carbocycles. The molecule has 0 spiro atoms. The van der Waals surface area contributed by atoms with Crippen molar-refractivity contribution in [3.63, 3.8) is 0 Å². The topological polar surface area (TPSA) is 68.0 Å². The van der Waals surface area contributed by atoms with Gasteiger partial charge in [0.25, 0.3) is 5.91 Å². The van der Waals surface area contributed by atoms with Gasteiger partial charge in [-0.25, -0.2) is 4.98 Å². The summed E-state index contributed by atoms with van der Waals surface area (Å²) in [6, 6.07) is 3.42. The average molecular weight is 249 g/mol. The van der Waals surface area contributed by atoms with Crippen molar-refractivity contribution in [3.05, 3.63) is 29.6 Å². The van der Waals surface area contributed by atoms with E-state index in [1.807, 2.05) is 6.26 Å². The zero-order chi connectivity index (χ0) is 12.5. The summed E-state index contributed by atoms with van der Waals surface area (Å²) in [6.45, 7) is 0.966. The first-order valence-corrected chi connectivity index (χ1v) is 6.59. The lowest BCUT2D eigenvalue weighted by atomic mass is 10.2. The van der Waals surface area contributed by atoms with Gasteiger partial charge in [0, 0.05) is 24.1 Å². The van der Waals surface area contributed by atoms with Crippen LogP contribution in [0.2, 0.25) is 0 Å². The van der Waals surface area contributed by atoms with Crippen LogP contribution in [0.3, 0.4) is 0 Å². The number of aromatic nitrogens is 1. The standard InChI is InChI=1S/C12H15N3OS/c1-17-8-7-14-12(16)11-5-4-10(9-15-11)3-2-6-13/h4-5,9H,6-8,13H2,1H3,(H,14,16). The van der Waals surface area contributed by atoms with Gasteiger partial charge >= 0.3 is 0 Å². The Kier molecular flexibility index (Phi) is 6.15. The highest BCUT2D eigenvalue weighted by Crippen LogP contribution is 1.99. The van der Waals surface area contributed by atoms with Crippen LogP contribution in [0.4, 0.5) is 0 Å². The van der Waals surface area contributed by atoms with E-state index in [1.54, 1.807) is 30.1 Å². The second-order valence-corrected chi connectivity index (χ2v) is 4.17. The van der Waals surface area contributed by atoms with Crippen molar-refractivity contribution >= 4 is 17.7 Å². The maximum absolute atomic E-state index is 11.6. The Morgan fingerprint density at radius 3 is 3.00 bits per heavy atom. The Labute approximate surface area is 105 Å². The predicted molar refractivity (Wildman–Crippen MR) is 70.9 cm³/mol. The fourth-order valence-corrected chi connectivity index (χ4v) is 1.42. The normalized spacial score (nSPS) is 9.29. The third-order valence-electron chi connectivity index (χ3n) is 1.92. The molecule has 1 heterocycles. The molecule has 0 aromatic carbocycles. The Morgan fingerprint density at radius 1 is 1.59 bits per heavy atom. The largest absolute Gasteiger partial charge is 0.350 e. The van der Waals surface area contributed by atoms with Gasteiger partial charge in [0.15, 0.2) is 0 Å². The van der Waals surface area contributed by atoms with E-state index in [0.29, 0.717) is 18.8 Å². The molecule has 4 nitrogen and oxygen atoms in total. The number of pyridine rings is 1. The molecule has 1 rings (SSSR count). The second-order valence-electron chi connectivity index (χ2n) is 3.19. The fraction of sp³-hybridized carbons (Fsp3) is 0.333. The Balaban J connectivity index is 2.57. The summed E-state index contributed by atoms with van der Waals surface area (Å²) in [7, 11) is 0. The number of carbonyl (C=O) groups is 1. The summed E-state index contributed by atoms with van der Waals surface area (Å²) in [5.74, 6) is 6.32. The van der Waals surface area contributed by atoms with Crippen molar-refractivity contribution in [2.45, 2.75) is 0 Å². The molecule has 1 aromatic heterocycles. The molecule has 0 fully saturated rings. The molecule has 3 N–H and O–H groups in total. The minimum absolute atomic E-state index is 0.155. The molecule has 90 valence electrons. The fourth-order valence-electron chi connectivity index (χ4n) is 1.11. The zero-order valence-corrected chi connectivity index (χ0v) is 10.5. The molecule has 0 bridgehead atoms. The molecule has 1 aromatic rings. The van der Waals surface area contributed by atoms with Crippen molar-refractivity contribution in [2.75, 3.05) is 25.1 Å². The maximum atomic E-state index is 11.6. The number of amides is 1. The van der Waals surface area contributed by atoms with E-state index < -0.39 is 0 Å². The number of nitrogens with one attached hydrogen (secondary N) is 1. The van der Waals surface area contributed by atoms with Crippen LogP contribution in [0.15, 0.2) is 18.3 Å². The Hall–Kier alpha value is -1.51. The molecule has 0 unspecified atom stereocenters. The number of nitrogens with two attached hydrogens (primary N) is 1. The number of rotatable bonds is 4. The number of thioether (sulfide) groups is 1. The first kappa shape index (κ1) is 13.6. The monoisotopic (exact) mass is 249 g/mol. The molecule has 0 atom stereocenters. The van der Waals surface area contributed by atoms with Gasteiger partial charge in [-0.15, -0.1) is 0 Å². The highest BCUT2D eigenvalue weighted by molar-refractivity contribution is 7.98. The molecular weight excluding hydrogens is 234 g/mol. The molecular formula is C12H15N3OS. The summed E-state index contributed by atoms with van der Waals surface area (Å²) in [4.78, 5) is 15.7. The first-order chi connectivity index (χ1) is 8.27. The predicted octanol–water partition coefficient (Wildman–Crippen LogP) is 0.485. The minimum atomic E-state index is -0.155. The van der Waals surface area contributed by atoms with E-state index in [0.717, 1.165) is 11.3 Å². The van der Waals surface area contributed by atoms with Gasteiger partial charge in [0.1, 0.15) is 5.69 Å². The van der Waals surface area contributed by atoms with E-state index in [4.69, 9.17) is 5.73 Å². The molecule has 0 aliphatic rings. The van der Waals surface area contributed by atoms with E-state index in [9.17, 15) is 4.79 Å². The molecule has 1 amide bonds. The van der Waals surface area contributed by atoms with Gasteiger partial charge in [-0.3, -0.25) is 4.79 Å². The van der Waals surface area contributed by atoms with Crippen molar-refractivity contribution in [3.8, 4) is 11.8 Å². The van der Waals surface area contributed by atoms with E-state index >= 15 is 0 Å². The SMILES string of the molecule is CSCCNC(=O)c1ccc(C#CCN)cn1. The van der Waals surface area contributed by atoms with E-state index in [1.165, 1.54) is 0 Å². The molecule has 5 heteroatoms. The van der Waals surface area contributed by atoms with Crippen LogP contribution in [0.25, 0.3) is 0 Å².